The van der Waals surface area contributed by atoms with Gasteiger partial charge in [-0.2, -0.15) is 18.4 Å². The van der Waals surface area contributed by atoms with Crippen LogP contribution >= 0.6 is 0 Å². The summed E-state index contributed by atoms with van der Waals surface area (Å²) >= 11 is 0. The predicted molar refractivity (Wildman–Crippen MR) is 73.9 cm³/mol. The monoisotopic (exact) mass is 360 g/mol. The summed E-state index contributed by atoms with van der Waals surface area (Å²) < 4.78 is 81.6. The predicted octanol–water partition coefficient (Wildman–Crippen LogP) is 3.77. The van der Waals surface area contributed by atoms with Crippen LogP contribution in [-0.2, 0) is 12.6 Å². The first-order chi connectivity index (χ1) is 11.6. The number of hydrogen-bond acceptors (Lipinski definition) is 2. The summed E-state index contributed by atoms with van der Waals surface area (Å²) in [6, 6.07) is 4.55. The molecule has 2 aromatic rings. The average molecular weight is 360 g/mol. The summed E-state index contributed by atoms with van der Waals surface area (Å²) in [5, 5.41) is 18.7. The van der Waals surface area contributed by atoms with Crippen molar-refractivity contribution in [1.82, 2.24) is 4.57 Å². The van der Waals surface area contributed by atoms with Crippen LogP contribution in [0, 0.1) is 17.1 Å². The molecule has 0 saturated heterocycles. The zero-order chi connectivity index (χ0) is 18.5. The zero-order valence-corrected chi connectivity index (χ0v) is 12.4. The van der Waals surface area contributed by atoms with Crippen LogP contribution in [-0.4, -0.2) is 22.0 Å². The fourth-order valence-electron chi connectivity index (χ4n) is 2.96. The highest BCUT2D eigenvalue weighted by atomic mass is 19.4. The highest BCUT2D eigenvalue weighted by Crippen LogP contribution is 2.44. The molecule has 1 aliphatic rings. The Bertz CT molecular complexity index is 867. The third kappa shape index (κ3) is 2.76. The van der Waals surface area contributed by atoms with Crippen LogP contribution in [0.3, 0.4) is 0 Å². The lowest BCUT2D eigenvalue weighted by atomic mass is 9.89. The highest BCUT2D eigenvalue weighted by molar-refractivity contribution is 5.49. The van der Waals surface area contributed by atoms with E-state index >= 15 is 0 Å². The molecular weight excluding hydrogens is 350 g/mol. The Hall–Kier alpha value is -2.47. The fraction of sp³-hybridized carbons (Fsp3) is 0.312. The topological polar surface area (TPSA) is 49.0 Å². The van der Waals surface area contributed by atoms with Gasteiger partial charge in [0.05, 0.1) is 11.1 Å². The number of hydrogen-bond donors (Lipinski definition) is 1. The number of alkyl halides is 5. The van der Waals surface area contributed by atoms with Crippen molar-refractivity contribution in [2.24, 2.45) is 0 Å². The van der Waals surface area contributed by atoms with E-state index in [2.05, 4.69) is 0 Å². The number of fused-ring (bicyclic) bond motifs is 1. The molecule has 0 aliphatic heterocycles. The summed E-state index contributed by atoms with van der Waals surface area (Å²) in [5.74, 6) is -0.865. The smallest absolute Gasteiger partial charge is 0.385 e. The molecule has 1 N–H and O–H groups in total. The molecule has 1 aliphatic carbocycles. The number of nitriles is 1. The molecule has 25 heavy (non-hydrogen) atoms. The number of benzene rings is 1. The minimum atomic E-state index is -4.91. The summed E-state index contributed by atoms with van der Waals surface area (Å²) in [7, 11) is 0. The van der Waals surface area contributed by atoms with Crippen LogP contribution in [0.25, 0.3) is 5.69 Å². The van der Waals surface area contributed by atoms with Gasteiger partial charge in [-0.15, -0.1) is 0 Å². The van der Waals surface area contributed by atoms with Gasteiger partial charge in [-0.05, 0) is 18.2 Å². The standard InChI is InChI=1S/C16H10F6N2O/c17-10-2-1-8(3-7(10)5-23)24-6-9(16(20,21)22)13-12(24)4-11(18)14(19)15(13)25/h1-3,6,11,14-15,25H,4H2/t11?,14?,15-/m0/s1. The van der Waals surface area contributed by atoms with Crippen LogP contribution in [0.5, 0.6) is 0 Å². The zero-order valence-electron chi connectivity index (χ0n) is 12.4. The molecule has 3 atom stereocenters. The van der Waals surface area contributed by atoms with Crippen molar-refractivity contribution in [2.75, 3.05) is 0 Å². The molecule has 0 radical (unpaired) electrons. The van der Waals surface area contributed by atoms with Crippen molar-refractivity contribution in [1.29, 1.82) is 5.26 Å². The Morgan fingerprint density at radius 3 is 2.52 bits per heavy atom. The van der Waals surface area contributed by atoms with Gasteiger partial charge in [0.2, 0.25) is 0 Å². The number of rotatable bonds is 1. The fourth-order valence-corrected chi connectivity index (χ4v) is 2.96. The summed E-state index contributed by atoms with van der Waals surface area (Å²) in [4.78, 5) is 0. The van der Waals surface area contributed by atoms with Gasteiger partial charge in [-0.1, -0.05) is 0 Å². The molecule has 1 aromatic carbocycles. The molecule has 1 heterocycles. The van der Waals surface area contributed by atoms with Crippen molar-refractivity contribution >= 4 is 0 Å². The van der Waals surface area contributed by atoms with Crippen LogP contribution in [0.15, 0.2) is 24.4 Å². The lowest BCUT2D eigenvalue weighted by Gasteiger charge is -2.27. The number of halogens is 6. The average Bonchev–Trinajstić information content (AvgIpc) is 2.93. The number of aliphatic hydroxyl groups is 1. The second-order valence-electron chi connectivity index (χ2n) is 5.66. The molecule has 132 valence electrons. The van der Waals surface area contributed by atoms with Crippen LogP contribution in [0.2, 0.25) is 0 Å². The molecule has 9 heteroatoms. The highest BCUT2D eigenvalue weighted by Gasteiger charge is 2.46. The van der Waals surface area contributed by atoms with E-state index in [0.717, 1.165) is 22.8 Å². The van der Waals surface area contributed by atoms with E-state index in [9.17, 15) is 31.4 Å². The maximum Gasteiger partial charge on any atom is 0.418 e. The van der Waals surface area contributed by atoms with Gasteiger partial charge in [0.25, 0.3) is 0 Å². The van der Waals surface area contributed by atoms with Crippen molar-refractivity contribution in [3.63, 3.8) is 0 Å². The molecule has 3 nitrogen and oxygen atoms in total. The van der Waals surface area contributed by atoms with Crippen LogP contribution < -0.4 is 0 Å². The lowest BCUT2D eigenvalue weighted by Crippen LogP contribution is -2.34. The summed E-state index contributed by atoms with van der Waals surface area (Å²) in [6.07, 6.45) is -11.9. The van der Waals surface area contributed by atoms with E-state index < -0.39 is 53.6 Å². The van der Waals surface area contributed by atoms with Crippen molar-refractivity contribution in [3.8, 4) is 11.8 Å². The summed E-state index contributed by atoms with van der Waals surface area (Å²) in [5.41, 5.74) is -2.74. The van der Waals surface area contributed by atoms with Gasteiger partial charge < -0.3 is 9.67 Å². The number of nitrogens with zero attached hydrogens (tertiary/aromatic N) is 2. The van der Waals surface area contributed by atoms with Crippen molar-refractivity contribution in [3.05, 3.63) is 52.6 Å². The minimum Gasteiger partial charge on any atom is -0.385 e. The Kier molecular flexibility index (Phi) is 4.03. The van der Waals surface area contributed by atoms with E-state index in [-0.39, 0.29) is 11.4 Å². The van der Waals surface area contributed by atoms with Crippen LogP contribution in [0.1, 0.15) is 28.5 Å². The van der Waals surface area contributed by atoms with E-state index in [4.69, 9.17) is 5.26 Å². The Morgan fingerprint density at radius 2 is 1.92 bits per heavy atom. The second kappa shape index (κ2) is 5.81. The van der Waals surface area contributed by atoms with Gasteiger partial charge in [-0.25, -0.2) is 13.2 Å². The first kappa shape index (κ1) is 17.4. The quantitative estimate of drug-likeness (QED) is 0.787. The van der Waals surface area contributed by atoms with Crippen molar-refractivity contribution in [2.45, 2.75) is 31.0 Å². The molecule has 0 amide bonds. The lowest BCUT2D eigenvalue weighted by molar-refractivity contribution is -0.140. The van der Waals surface area contributed by atoms with Gasteiger partial charge in [-0.3, -0.25) is 0 Å². The first-order valence-corrected chi connectivity index (χ1v) is 7.12. The molecule has 0 fully saturated rings. The van der Waals surface area contributed by atoms with E-state index in [1.807, 2.05) is 0 Å². The molecule has 0 bridgehead atoms. The molecule has 0 saturated carbocycles. The summed E-state index contributed by atoms with van der Waals surface area (Å²) in [6.45, 7) is 0. The normalized spacial score (nSPS) is 23.2. The first-order valence-electron chi connectivity index (χ1n) is 7.12. The van der Waals surface area contributed by atoms with Crippen molar-refractivity contribution < 1.29 is 31.4 Å². The molecule has 1 aromatic heterocycles. The van der Waals surface area contributed by atoms with Crippen LogP contribution in [0.4, 0.5) is 26.3 Å². The molecule has 0 spiro atoms. The Morgan fingerprint density at radius 1 is 1.24 bits per heavy atom. The van der Waals surface area contributed by atoms with Gasteiger partial charge in [0, 0.05) is 29.6 Å². The van der Waals surface area contributed by atoms with E-state index in [1.54, 1.807) is 6.07 Å². The Labute approximate surface area is 137 Å². The maximum absolute atomic E-state index is 13.8. The number of aliphatic hydroxyl groups excluding tert-OH is 1. The third-order valence-corrected chi connectivity index (χ3v) is 4.14. The second-order valence-corrected chi connectivity index (χ2v) is 5.66. The SMILES string of the molecule is N#Cc1cc(-n2cc(C(F)(F)F)c3c2CC(F)C(F)[C@H]3O)ccc1F. The molecular formula is C16H10F6N2O. The van der Waals surface area contributed by atoms with Gasteiger partial charge in [0.15, 0.2) is 6.17 Å². The van der Waals surface area contributed by atoms with E-state index in [1.165, 1.54) is 0 Å². The third-order valence-electron chi connectivity index (χ3n) is 4.14. The maximum atomic E-state index is 13.8. The minimum absolute atomic E-state index is 0.0265. The molecule has 3 rings (SSSR count). The largest absolute Gasteiger partial charge is 0.418 e. The van der Waals surface area contributed by atoms with E-state index in [0.29, 0.717) is 6.20 Å². The van der Waals surface area contributed by atoms with Gasteiger partial charge >= 0.3 is 6.18 Å². The number of aromatic nitrogens is 1. The molecule has 2 unspecified atom stereocenters. The Balaban J connectivity index is 2.26. The van der Waals surface area contributed by atoms with Gasteiger partial charge in [0.1, 0.15) is 24.2 Å².